The molecular weight excluding hydrogens is 347 g/mol. The predicted molar refractivity (Wildman–Crippen MR) is 92.6 cm³/mol. The fourth-order valence-corrected chi connectivity index (χ4v) is 3.24. The Balaban J connectivity index is 1.93. The van der Waals surface area contributed by atoms with Crippen molar-refractivity contribution in [3.63, 3.8) is 0 Å². The number of thiophene rings is 1. The van der Waals surface area contributed by atoms with E-state index in [1.165, 1.54) is 16.9 Å². The average Bonchev–Trinajstić information content (AvgIpc) is 3.14. The molecule has 3 aromatic rings. The standard InChI is InChI=1S/C18H16F3N3S/c1-2-12-5-7-13(8-6-12)16(14-4-3-11-25-14)24-17-22-10-9-15(23-17)18(19,20)21/h3-11,16H,2H2,1H3,(H,22,23,24). The summed E-state index contributed by atoms with van der Waals surface area (Å²) in [5.74, 6) is -0.0483. The summed E-state index contributed by atoms with van der Waals surface area (Å²) in [4.78, 5) is 8.53. The first-order valence-corrected chi connectivity index (χ1v) is 8.64. The molecule has 0 fully saturated rings. The molecule has 0 aliphatic heterocycles. The third-order valence-corrected chi connectivity index (χ3v) is 4.71. The molecule has 0 saturated heterocycles. The first-order valence-electron chi connectivity index (χ1n) is 7.76. The Bertz CT molecular complexity index is 814. The molecule has 1 unspecified atom stereocenters. The molecule has 2 aromatic heterocycles. The molecule has 0 spiro atoms. The van der Waals surface area contributed by atoms with Crippen LogP contribution in [0.2, 0.25) is 0 Å². The van der Waals surface area contributed by atoms with E-state index in [0.29, 0.717) is 0 Å². The van der Waals surface area contributed by atoms with Crippen molar-refractivity contribution in [2.24, 2.45) is 0 Å². The van der Waals surface area contributed by atoms with Crippen LogP contribution >= 0.6 is 11.3 Å². The van der Waals surface area contributed by atoms with E-state index in [1.807, 2.05) is 41.8 Å². The minimum Gasteiger partial charge on any atom is -0.342 e. The van der Waals surface area contributed by atoms with Gasteiger partial charge in [0.25, 0.3) is 0 Å². The molecule has 0 radical (unpaired) electrons. The highest BCUT2D eigenvalue weighted by molar-refractivity contribution is 7.10. The minimum atomic E-state index is -4.50. The molecule has 3 rings (SSSR count). The van der Waals surface area contributed by atoms with Crippen molar-refractivity contribution in [1.29, 1.82) is 0 Å². The first kappa shape index (κ1) is 17.4. The molecule has 0 amide bonds. The fourth-order valence-electron chi connectivity index (χ4n) is 2.44. The highest BCUT2D eigenvalue weighted by atomic mass is 32.1. The Labute approximate surface area is 147 Å². The summed E-state index contributed by atoms with van der Waals surface area (Å²) in [6.45, 7) is 2.07. The lowest BCUT2D eigenvalue weighted by Gasteiger charge is -2.19. The zero-order valence-corrected chi connectivity index (χ0v) is 14.2. The lowest BCUT2D eigenvalue weighted by Crippen LogP contribution is -2.16. The van der Waals surface area contributed by atoms with E-state index in [4.69, 9.17) is 0 Å². The summed E-state index contributed by atoms with van der Waals surface area (Å²) >= 11 is 1.52. The third kappa shape index (κ3) is 4.17. The maximum absolute atomic E-state index is 12.9. The molecule has 0 saturated carbocycles. The summed E-state index contributed by atoms with van der Waals surface area (Å²) in [5.41, 5.74) is 1.18. The average molecular weight is 363 g/mol. The normalized spacial score (nSPS) is 12.8. The smallest absolute Gasteiger partial charge is 0.342 e. The van der Waals surface area contributed by atoms with Crippen LogP contribution in [0, 0.1) is 0 Å². The molecule has 0 aliphatic rings. The Kier molecular flexibility index (Phi) is 5.03. The summed E-state index contributed by atoms with van der Waals surface area (Å²) in [7, 11) is 0. The van der Waals surface area contributed by atoms with E-state index >= 15 is 0 Å². The SMILES string of the molecule is CCc1ccc(C(Nc2nccc(C(F)(F)F)n2)c2cccs2)cc1. The third-order valence-electron chi connectivity index (χ3n) is 3.77. The quantitative estimate of drug-likeness (QED) is 0.667. The van der Waals surface area contributed by atoms with Crippen molar-refractivity contribution in [2.45, 2.75) is 25.6 Å². The first-order chi connectivity index (χ1) is 12.0. The number of alkyl halides is 3. The second-order valence-corrected chi connectivity index (χ2v) is 6.43. The summed E-state index contributed by atoms with van der Waals surface area (Å²) < 4.78 is 38.6. The number of aryl methyl sites for hydroxylation is 1. The summed E-state index contributed by atoms with van der Waals surface area (Å²) in [6, 6.07) is 12.4. The van der Waals surface area contributed by atoms with E-state index in [-0.39, 0.29) is 12.0 Å². The van der Waals surface area contributed by atoms with Gasteiger partial charge in [-0.25, -0.2) is 9.97 Å². The van der Waals surface area contributed by atoms with Crippen molar-refractivity contribution in [3.05, 3.63) is 75.7 Å². The van der Waals surface area contributed by atoms with Crippen LogP contribution < -0.4 is 5.32 Å². The second kappa shape index (κ2) is 7.23. The number of hydrogen-bond donors (Lipinski definition) is 1. The zero-order chi connectivity index (χ0) is 17.9. The molecule has 1 aromatic carbocycles. The predicted octanol–water partition coefficient (Wildman–Crippen LogP) is 5.32. The van der Waals surface area contributed by atoms with Crippen molar-refractivity contribution in [1.82, 2.24) is 9.97 Å². The van der Waals surface area contributed by atoms with Gasteiger partial charge in [0.05, 0.1) is 6.04 Å². The van der Waals surface area contributed by atoms with Gasteiger partial charge in [0, 0.05) is 11.1 Å². The van der Waals surface area contributed by atoms with Gasteiger partial charge < -0.3 is 5.32 Å². The number of aromatic nitrogens is 2. The van der Waals surface area contributed by atoms with Gasteiger partial charge in [0.1, 0.15) is 5.69 Å². The number of nitrogens with zero attached hydrogens (tertiary/aromatic N) is 2. The summed E-state index contributed by atoms with van der Waals surface area (Å²) in [6.07, 6.45) is -2.46. The molecule has 0 aliphatic carbocycles. The van der Waals surface area contributed by atoms with Crippen LogP contribution in [0.3, 0.4) is 0 Å². The van der Waals surface area contributed by atoms with Crippen LogP contribution in [0.5, 0.6) is 0 Å². The maximum atomic E-state index is 12.9. The molecule has 130 valence electrons. The molecule has 1 N–H and O–H groups in total. The van der Waals surface area contributed by atoms with Crippen LogP contribution in [-0.2, 0) is 12.6 Å². The van der Waals surface area contributed by atoms with Gasteiger partial charge >= 0.3 is 6.18 Å². The van der Waals surface area contributed by atoms with E-state index in [1.54, 1.807) is 0 Å². The van der Waals surface area contributed by atoms with E-state index in [2.05, 4.69) is 22.2 Å². The van der Waals surface area contributed by atoms with Gasteiger partial charge in [0.15, 0.2) is 0 Å². The minimum absolute atomic E-state index is 0.0483. The molecule has 2 heterocycles. The van der Waals surface area contributed by atoms with Crippen LogP contribution in [0.25, 0.3) is 0 Å². The second-order valence-electron chi connectivity index (χ2n) is 5.45. The monoisotopic (exact) mass is 363 g/mol. The van der Waals surface area contributed by atoms with E-state index < -0.39 is 11.9 Å². The van der Waals surface area contributed by atoms with Gasteiger partial charge in [-0.3, -0.25) is 0 Å². The van der Waals surface area contributed by atoms with E-state index in [0.717, 1.165) is 29.1 Å². The number of hydrogen-bond acceptors (Lipinski definition) is 4. The Hall–Kier alpha value is -2.41. The number of halogens is 3. The molecule has 1 atom stereocenters. The number of rotatable bonds is 5. The number of benzene rings is 1. The van der Waals surface area contributed by atoms with Gasteiger partial charge in [-0.1, -0.05) is 37.3 Å². The van der Waals surface area contributed by atoms with Crippen LogP contribution in [0.4, 0.5) is 19.1 Å². The van der Waals surface area contributed by atoms with Crippen molar-refractivity contribution in [3.8, 4) is 0 Å². The Morgan fingerprint density at radius 1 is 1.12 bits per heavy atom. The fraction of sp³-hybridized carbons (Fsp3) is 0.222. The highest BCUT2D eigenvalue weighted by Gasteiger charge is 2.33. The largest absolute Gasteiger partial charge is 0.433 e. The van der Waals surface area contributed by atoms with Gasteiger partial charge in [-0.15, -0.1) is 11.3 Å². The van der Waals surface area contributed by atoms with Gasteiger partial charge in [-0.2, -0.15) is 13.2 Å². The molecular formula is C18H16F3N3S. The molecule has 25 heavy (non-hydrogen) atoms. The maximum Gasteiger partial charge on any atom is 0.433 e. The lowest BCUT2D eigenvalue weighted by atomic mass is 10.0. The van der Waals surface area contributed by atoms with Crippen LogP contribution in [0.1, 0.15) is 34.7 Å². The molecule has 0 bridgehead atoms. The van der Waals surface area contributed by atoms with Gasteiger partial charge in [-0.05, 0) is 35.1 Å². The van der Waals surface area contributed by atoms with Gasteiger partial charge in [0.2, 0.25) is 5.95 Å². The lowest BCUT2D eigenvalue weighted by molar-refractivity contribution is -0.141. The Morgan fingerprint density at radius 2 is 1.88 bits per heavy atom. The number of anilines is 1. The zero-order valence-electron chi connectivity index (χ0n) is 13.4. The summed E-state index contributed by atoms with van der Waals surface area (Å²) in [5, 5.41) is 4.96. The highest BCUT2D eigenvalue weighted by Crippen LogP contribution is 2.31. The van der Waals surface area contributed by atoms with Crippen LogP contribution in [0.15, 0.2) is 54.0 Å². The van der Waals surface area contributed by atoms with E-state index in [9.17, 15) is 13.2 Å². The van der Waals surface area contributed by atoms with Crippen molar-refractivity contribution >= 4 is 17.3 Å². The van der Waals surface area contributed by atoms with Crippen molar-refractivity contribution in [2.75, 3.05) is 5.32 Å². The van der Waals surface area contributed by atoms with Crippen molar-refractivity contribution < 1.29 is 13.2 Å². The van der Waals surface area contributed by atoms with Crippen LogP contribution in [-0.4, -0.2) is 9.97 Å². The molecule has 3 nitrogen and oxygen atoms in total. The molecule has 7 heteroatoms. The number of nitrogens with one attached hydrogen (secondary N) is 1. The Morgan fingerprint density at radius 3 is 2.48 bits per heavy atom. The topological polar surface area (TPSA) is 37.8 Å².